The summed E-state index contributed by atoms with van der Waals surface area (Å²) in [6.45, 7) is 6.75. The van der Waals surface area contributed by atoms with Crippen molar-refractivity contribution in [2.24, 2.45) is 0 Å². The molecule has 2 rings (SSSR count). The Bertz CT molecular complexity index is 560. The van der Waals surface area contributed by atoms with Crippen LogP contribution in [0, 0.1) is 11.3 Å². The van der Waals surface area contributed by atoms with Gasteiger partial charge in [0.25, 0.3) is 0 Å². The van der Waals surface area contributed by atoms with Gasteiger partial charge in [0.05, 0.1) is 5.56 Å². The number of nitrogens with zero attached hydrogens (tertiary/aromatic N) is 3. The van der Waals surface area contributed by atoms with Crippen LogP contribution in [-0.4, -0.2) is 40.7 Å². The lowest BCUT2D eigenvalue weighted by atomic mass is 10.2. The summed E-state index contributed by atoms with van der Waals surface area (Å²) in [5.41, 5.74) is 0.0191. The summed E-state index contributed by atoms with van der Waals surface area (Å²) in [5, 5.41) is 12.3. The van der Waals surface area contributed by atoms with E-state index in [1.54, 1.807) is 23.2 Å². The summed E-state index contributed by atoms with van der Waals surface area (Å²) in [6, 6.07) is 5.63. The number of amides is 1. The van der Waals surface area contributed by atoms with Crippen molar-refractivity contribution in [2.45, 2.75) is 38.8 Å². The zero-order valence-electron chi connectivity index (χ0n) is 12.6. The third-order valence-electron chi connectivity index (χ3n) is 3.11. The number of carbonyl (C=O) groups is 1. The first-order valence-corrected chi connectivity index (χ1v) is 6.98. The summed E-state index contributed by atoms with van der Waals surface area (Å²) in [7, 11) is 0. The molecule has 1 aromatic rings. The molecule has 0 spiro atoms. The van der Waals surface area contributed by atoms with E-state index in [0.717, 1.165) is 6.42 Å². The van der Waals surface area contributed by atoms with E-state index in [1.807, 2.05) is 20.8 Å². The van der Waals surface area contributed by atoms with Crippen LogP contribution in [0.4, 0.5) is 10.6 Å². The largest absolute Gasteiger partial charge is 0.444 e. The maximum atomic E-state index is 12.0. The maximum Gasteiger partial charge on any atom is 0.410 e. The zero-order chi connectivity index (χ0) is 15.5. The second kappa shape index (κ2) is 6.00. The van der Waals surface area contributed by atoms with E-state index in [4.69, 9.17) is 10.00 Å². The number of pyridine rings is 1. The van der Waals surface area contributed by atoms with Gasteiger partial charge in [-0.3, -0.25) is 0 Å². The molecule has 6 nitrogen and oxygen atoms in total. The average molecular weight is 288 g/mol. The molecule has 6 heteroatoms. The van der Waals surface area contributed by atoms with Gasteiger partial charge in [0.15, 0.2) is 0 Å². The number of ether oxygens (including phenoxy) is 1. The minimum atomic E-state index is -0.489. The summed E-state index contributed by atoms with van der Waals surface area (Å²) in [5.74, 6) is 0.566. The van der Waals surface area contributed by atoms with Gasteiger partial charge in [0.1, 0.15) is 17.5 Å². The van der Waals surface area contributed by atoms with Crippen LogP contribution < -0.4 is 5.32 Å². The Morgan fingerprint density at radius 3 is 3.00 bits per heavy atom. The quantitative estimate of drug-likeness (QED) is 0.904. The van der Waals surface area contributed by atoms with Gasteiger partial charge in [0.2, 0.25) is 0 Å². The fourth-order valence-corrected chi connectivity index (χ4v) is 2.17. The normalized spacial score (nSPS) is 18.2. The Morgan fingerprint density at radius 1 is 1.57 bits per heavy atom. The van der Waals surface area contributed by atoms with Crippen LogP contribution in [-0.2, 0) is 4.74 Å². The number of hydrogen-bond donors (Lipinski definition) is 1. The topological polar surface area (TPSA) is 78.2 Å². The predicted molar refractivity (Wildman–Crippen MR) is 78.8 cm³/mol. The summed E-state index contributed by atoms with van der Waals surface area (Å²) in [4.78, 5) is 17.8. The van der Waals surface area contributed by atoms with Crippen molar-refractivity contribution in [3.8, 4) is 6.07 Å². The zero-order valence-corrected chi connectivity index (χ0v) is 12.6. The molecule has 1 aliphatic heterocycles. The predicted octanol–water partition coefficient (Wildman–Crippen LogP) is 2.37. The van der Waals surface area contributed by atoms with E-state index in [1.165, 1.54) is 0 Å². The van der Waals surface area contributed by atoms with Crippen molar-refractivity contribution in [3.05, 3.63) is 23.9 Å². The molecule has 0 radical (unpaired) electrons. The molecule has 21 heavy (non-hydrogen) atoms. The standard InChI is InChI=1S/C15H20N4O2/c1-15(2,3)21-14(20)19-8-6-12(10-19)18-13-11(9-16)5-4-7-17-13/h4-5,7,12H,6,8,10H2,1-3H3,(H,17,18). The SMILES string of the molecule is CC(C)(C)OC(=O)N1CCC(Nc2ncccc2C#N)C1. The molecule has 1 saturated heterocycles. The van der Waals surface area contributed by atoms with Crippen LogP contribution >= 0.6 is 0 Å². The highest BCUT2D eigenvalue weighted by Crippen LogP contribution is 2.19. The second-order valence-electron chi connectivity index (χ2n) is 6.07. The van der Waals surface area contributed by atoms with Crippen molar-refractivity contribution in [3.63, 3.8) is 0 Å². The number of aromatic nitrogens is 1. The molecule has 1 unspecified atom stereocenters. The minimum Gasteiger partial charge on any atom is -0.444 e. The first-order valence-electron chi connectivity index (χ1n) is 6.98. The van der Waals surface area contributed by atoms with Crippen LogP contribution in [0.3, 0.4) is 0 Å². The fraction of sp³-hybridized carbons (Fsp3) is 0.533. The number of carbonyl (C=O) groups excluding carboxylic acids is 1. The molecule has 1 aliphatic rings. The van der Waals surface area contributed by atoms with Gasteiger partial charge in [-0.15, -0.1) is 0 Å². The molecule has 0 bridgehead atoms. The molecule has 2 heterocycles. The number of likely N-dealkylation sites (tertiary alicyclic amines) is 1. The monoisotopic (exact) mass is 288 g/mol. The van der Waals surface area contributed by atoms with Crippen molar-refractivity contribution in [1.82, 2.24) is 9.88 Å². The Balaban J connectivity index is 1.94. The van der Waals surface area contributed by atoms with Crippen molar-refractivity contribution in [2.75, 3.05) is 18.4 Å². The van der Waals surface area contributed by atoms with E-state index in [0.29, 0.717) is 24.5 Å². The first-order chi connectivity index (χ1) is 9.89. The first kappa shape index (κ1) is 15.1. The van der Waals surface area contributed by atoms with Gasteiger partial charge >= 0.3 is 6.09 Å². The third kappa shape index (κ3) is 4.09. The highest BCUT2D eigenvalue weighted by atomic mass is 16.6. The van der Waals surface area contributed by atoms with Gasteiger partial charge in [-0.25, -0.2) is 9.78 Å². The van der Waals surface area contributed by atoms with E-state index < -0.39 is 5.60 Å². The number of anilines is 1. The molecular weight excluding hydrogens is 268 g/mol. The van der Waals surface area contributed by atoms with Gasteiger partial charge < -0.3 is 15.0 Å². The van der Waals surface area contributed by atoms with E-state index in [2.05, 4.69) is 16.4 Å². The number of nitriles is 1. The Labute approximate surface area is 124 Å². The number of nitrogens with one attached hydrogen (secondary N) is 1. The van der Waals surface area contributed by atoms with Crippen molar-refractivity contribution in [1.29, 1.82) is 5.26 Å². The molecule has 0 saturated carbocycles. The van der Waals surface area contributed by atoms with Gasteiger partial charge in [-0.05, 0) is 39.3 Å². The average Bonchev–Trinajstić information content (AvgIpc) is 2.86. The highest BCUT2D eigenvalue weighted by Gasteiger charge is 2.30. The van der Waals surface area contributed by atoms with Gasteiger partial charge in [-0.2, -0.15) is 5.26 Å². The van der Waals surface area contributed by atoms with E-state index >= 15 is 0 Å². The van der Waals surface area contributed by atoms with Crippen LogP contribution in [0.15, 0.2) is 18.3 Å². The molecule has 0 aliphatic carbocycles. The Hall–Kier alpha value is -2.29. The lowest BCUT2D eigenvalue weighted by molar-refractivity contribution is 0.0293. The molecule has 1 atom stereocenters. The fourth-order valence-electron chi connectivity index (χ4n) is 2.17. The maximum absolute atomic E-state index is 12.0. The summed E-state index contributed by atoms with van der Waals surface area (Å²) < 4.78 is 5.36. The lowest BCUT2D eigenvalue weighted by Gasteiger charge is -2.24. The molecular formula is C15H20N4O2. The van der Waals surface area contributed by atoms with E-state index in [9.17, 15) is 4.79 Å². The van der Waals surface area contributed by atoms with Crippen molar-refractivity contribution < 1.29 is 9.53 Å². The molecule has 1 aromatic heterocycles. The van der Waals surface area contributed by atoms with Crippen LogP contribution in [0.25, 0.3) is 0 Å². The minimum absolute atomic E-state index is 0.0829. The highest BCUT2D eigenvalue weighted by molar-refractivity contribution is 5.68. The van der Waals surface area contributed by atoms with Gasteiger partial charge in [-0.1, -0.05) is 0 Å². The van der Waals surface area contributed by atoms with Crippen LogP contribution in [0.2, 0.25) is 0 Å². The molecule has 1 N–H and O–H groups in total. The molecule has 1 amide bonds. The number of rotatable bonds is 2. The summed E-state index contributed by atoms with van der Waals surface area (Å²) in [6.07, 6.45) is 2.15. The van der Waals surface area contributed by atoms with Crippen LogP contribution in [0.1, 0.15) is 32.8 Å². The molecule has 1 fully saturated rings. The lowest BCUT2D eigenvalue weighted by Crippen LogP contribution is -2.36. The van der Waals surface area contributed by atoms with Gasteiger partial charge in [0, 0.05) is 25.3 Å². The Kier molecular flexibility index (Phi) is 4.32. The Morgan fingerprint density at radius 2 is 2.33 bits per heavy atom. The summed E-state index contributed by atoms with van der Waals surface area (Å²) >= 11 is 0. The van der Waals surface area contributed by atoms with Crippen LogP contribution in [0.5, 0.6) is 0 Å². The number of hydrogen-bond acceptors (Lipinski definition) is 5. The smallest absolute Gasteiger partial charge is 0.410 e. The van der Waals surface area contributed by atoms with E-state index in [-0.39, 0.29) is 12.1 Å². The molecule has 112 valence electrons. The second-order valence-corrected chi connectivity index (χ2v) is 6.07. The van der Waals surface area contributed by atoms with Crippen molar-refractivity contribution >= 4 is 11.9 Å². The molecule has 0 aromatic carbocycles. The third-order valence-corrected chi connectivity index (χ3v) is 3.11.